The Morgan fingerprint density at radius 3 is 1.95 bits per heavy atom. The van der Waals surface area contributed by atoms with Crippen LogP contribution >= 0.6 is 0 Å². The van der Waals surface area contributed by atoms with Crippen LogP contribution in [0.4, 0.5) is 0 Å². The lowest BCUT2D eigenvalue weighted by Gasteiger charge is -2.13. The van der Waals surface area contributed by atoms with E-state index in [1.54, 1.807) is 0 Å². The summed E-state index contributed by atoms with van der Waals surface area (Å²) in [7, 11) is 0. The number of nitrogens with one attached hydrogen (secondary N) is 1. The number of unbranched alkanes of at least 4 members (excludes halogenated alkanes) is 9. The third-order valence-electron chi connectivity index (χ3n) is 5.08. The maximum absolute atomic E-state index is 2.32. The van der Waals surface area contributed by atoms with Crippen LogP contribution in [-0.2, 0) is 0 Å². The zero-order chi connectivity index (χ0) is 14.5. The molecule has 1 N–H and O–H groups in total. The van der Waals surface area contributed by atoms with Crippen LogP contribution < -0.4 is 9.60 Å². The summed E-state index contributed by atoms with van der Waals surface area (Å²) in [5.41, 5.74) is 0. The molecule has 128 valence electrons. The SMILES string of the molecule is CCCCCCCCCCC[NH+]1CCC(CCCC)C1.[F-]. The van der Waals surface area contributed by atoms with Crippen molar-refractivity contribution >= 4 is 0 Å². The van der Waals surface area contributed by atoms with Gasteiger partial charge in [0.15, 0.2) is 0 Å². The topological polar surface area (TPSA) is 4.44 Å². The van der Waals surface area contributed by atoms with E-state index in [4.69, 9.17) is 0 Å². The molecule has 1 heterocycles. The van der Waals surface area contributed by atoms with Gasteiger partial charge in [0.1, 0.15) is 0 Å². The molecule has 0 radical (unpaired) electrons. The van der Waals surface area contributed by atoms with Crippen molar-refractivity contribution in [3.63, 3.8) is 0 Å². The van der Waals surface area contributed by atoms with E-state index in [2.05, 4.69) is 13.8 Å². The molecule has 0 aromatic rings. The number of likely N-dealkylation sites (tertiary alicyclic amines) is 1. The second-order valence-electron chi connectivity index (χ2n) is 7.08. The molecule has 21 heavy (non-hydrogen) atoms. The summed E-state index contributed by atoms with van der Waals surface area (Å²) in [4.78, 5) is 1.91. The molecule has 0 spiro atoms. The fourth-order valence-electron chi connectivity index (χ4n) is 3.67. The van der Waals surface area contributed by atoms with Gasteiger partial charge < -0.3 is 9.60 Å². The Bertz CT molecular complexity index is 208. The van der Waals surface area contributed by atoms with Gasteiger partial charge in [-0.25, -0.2) is 0 Å². The first-order chi connectivity index (χ1) is 9.86. The number of quaternary nitrogens is 1. The van der Waals surface area contributed by atoms with Crippen molar-refractivity contribution in [1.29, 1.82) is 0 Å². The van der Waals surface area contributed by atoms with Gasteiger partial charge in [-0.3, -0.25) is 0 Å². The molecule has 0 aromatic heterocycles. The zero-order valence-electron chi connectivity index (χ0n) is 14.8. The van der Waals surface area contributed by atoms with E-state index in [9.17, 15) is 0 Å². The molecule has 2 heteroatoms. The molecule has 0 aliphatic carbocycles. The van der Waals surface area contributed by atoms with E-state index in [1.807, 2.05) is 4.90 Å². The number of hydrogen-bond donors (Lipinski definition) is 1. The van der Waals surface area contributed by atoms with E-state index in [0.717, 1.165) is 5.92 Å². The minimum absolute atomic E-state index is 0. The Morgan fingerprint density at radius 2 is 1.33 bits per heavy atom. The smallest absolute Gasteiger partial charge is 0.0801 e. The summed E-state index contributed by atoms with van der Waals surface area (Å²) in [5, 5.41) is 0. The Morgan fingerprint density at radius 1 is 0.762 bits per heavy atom. The van der Waals surface area contributed by atoms with Crippen molar-refractivity contribution in [3.05, 3.63) is 0 Å². The molecule has 1 aliphatic heterocycles. The average molecular weight is 302 g/mol. The summed E-state index contributed by atoms with van der Waals surface area (Å²) < 4.78 is 0. The predicted molar refractivity (Wildman–Crippen MR) is 90.4 cm³/mol. The van der Waals surface area contributed by atoms with Gasteiger partial charge in [0.25, 0.3) is 0 Å². The van der Waals surface area contributed by atoms with E-state index >= 15 is 0 Å². The van der Waals surface area contributed by atoms with Crippen molar-refractivity contribution in [2.24, 2.45) is 5.92 Å². The standard InChI is InChI=1S/C19H39N.FH/c1-3-5-7-8-9-10-11-12-13-16-20-17-15-19(18-20)14-6-4-2;/h19H,3-18H2,1-2H3;1H. The first-order valence-corrected chi connectivity index (χ1v) is 9.70. The minimum Gasteiger partial charge on any atom is -1.00 e. The third kappa shape index (κ3) is 11.2. The molecule has 1 fully saturated rings. The van der Waals surface area contributed by atoms with E-state index in [1.165, 1.54) is 103 Å². The van der Waals surface area contributed by atoms with Gasteiger partial charge in [-0.2, -0.15) is 0 Å². The Kier molecular flexibility index (Phi) is 14.7. The lowest BCUT2D eigenvalue weighted by atomic mass is 10.0. The fraction of sp³-hybridized carbons (Fsp3) is 1.00. The van der Waals surface area contributed by atoms with Crippen LogP contribution in [0.25, 0.3) is 0 Å². The quantitative estimate of drug-likeness (QED) is 0.493. The minimum atomic E-state index is 0. The van der Waals surface area contributed by atoms with Crippen molar-refractivity contribution in [2.45, 2.75) is 97.3 Å². The second kappa shape index (κ2) is 14.8. The molecule has 0 aromatic carbocycles. The highest BCUT2D eigenvalue weighted by Crippen LogP contribution is 2.13. The largest absolute Gasteiger partial charge is 1.00 e. The van der Waals surface area contributed by atoms with Gasteiger partial charge in [-0.1, -0.05) is 71.6 Å². The van der Waals surface area contributed by atoms with Crippen molar-refractivity contribution in [1.82, 2.24) is 0 Å². The molecular weight excluding hydrogens is 261 g/mol. The first-order valence-electron chi connectivity index (χ1n) is 9.70. The van der Waals surface area contributed by atoms with E-state index in [0.29, 0.717) is 0 Å². The molecular formula is C19H40FN. The van der Waals surface area contributed by atoms with Crippen LogP contribution in [0.15, 0.2) is 0 Å². The number of hydrogen-bond acceptors (Lipinski definition) is 0. The second-order valence-corrected chi connectivity index (χ2v) is 7.08. The third-order valence-corrected chi connectivity index (χ3v) is 5.08. The highest BCUT2D eigenvalue weighted by Gasteiger charge is 2.24. The molecule has 1 saturated heterocycles. The van der Waals surface area contributed by atoms with Crippen LogP contribution in [0, 0.1) is 5.92 Å². The van der Waals surface area contributed by atoms with Gasteiger partial charge >= 0.3 is 0 Å². The first kappa shape index (κ1) is 20.9. The van der Waals surface area contributed by atoms with Crippen LogP contribution in [0.1, 0.15) is 97.3 Å². The Hall–Kier alpha value is -0.110. The van der Waals surface area contributed by atoms with Gasteiger partial charge in [0.2, 0.25) is 0 Å². The van der Waals surface area contributed by atoms with Crippen LogP contribution in [0.2, 0.25) is 0 Å². The molecule has 2 atom stereocenters. The Balaban J connectivity index is 0.00000400. The summed E-state index contributed by atoms with van der Waals surface area (Å²) in [6.45, 7) is 9.02. The van der Waals surface area contributed by atoms with Gasteiger partial charge in [-0.15, -0.1) is 0 Å². The van der Waals surface area contributed by atoms with Crippen molar-refractivity contribution in [3.8, 4) is 0 Å². The van der Waals surface area contributed by atoms with E-state index < -0.39 is 0 Å². The zero-order valence-corrected chi connectivity index (χ0v) is 14.8. The van der Waals surface area contributed by atoms with Crippen LogP contribution in [0.3, 0.4) is 0 Å². The highest BCUT2D eigenvalue weighted by atomic mass is 19.0. The summed E-state index contributed by atoms with van der Waals surface area (Å²) in [6.07, 6.45) is 19.0. The lowest BCUT2D eigenvalue weighted by Crippen LogP contribution is -3.10. The van der Waals surface area contributed by atoms with Gasteiger partial charge in [0, 0.05) is 12.3 Å². The van der Waals surface area contributed by atoms with Gasteiger partial charge in [-0.05, 0) is 19.3 Å². The van der Waals surface area contributed by atoms with Crippen molar-refractivity contribution in [2.75, 3.05) is 19.6 Å². The van der Waals surface area contributed by atoms with Gasteiger partial charge in [0.05, 0.1) is 19.6 Å². The maximum Gasteiger partial charge on any atom is 0.0801 e. The fourth-order valence-corrected chi connectivity index (χ4v) is 3.67. The molecule has 0 bridgehead atoms. The van der Waals surface area contributed by atoms with Crippen molar-refractivity contribution < 1.29 is 9.60 Å². The summed E-state index contributed by atoms with van der Waals surface area (Å²) in [6, 6.07) is 0. The summed E-state index contributed by atoms with van der Waals surface area (Å²) in [5.74, 6) is 1.06. The normalized spacial score (nSPS) is 21.4. The monoisotopic (exact) mass is 301 g/mol. The average Bonchev–Trinajstić information content (AvgIpc) is 2.91. The predicted octanol–water partition coefficient (Wildman–Crippen LogP) is 1.62. The van der Waals surface area contributed by atoms with E-state index in [-0.39, 0.29) is 4.70 Å². The lowest BCUT2D eigenvalue weighted by molar-refractivity contribution is -0.889. The highest BCUT2D eigenvalue weighted by molar-refractivity contribution is 4.62. The molecule has 1 rings (SSSR count). The molecule has 1 nitrogen and oxygen atoms in total. The molecule has 0 saturated carbocycles. The summed E-state index contributed by atoms with van der Waals surface area (Å²) >= 11 is 0. The molecule has 0 amide bonds. The van der Waals surface area contributed by atoms with Crippen LogP contribution in [-0.4, -0.2) is 19.6 Å². The number of halogens is 1. The van der Waals surface area contributed by atoms with Crippen LogP contribution in [0.5, 0.6) is 0 Å². The maximum atomic E-state index is 2.32. The Labute approximate surface area is 133 Å². The molecule has 1 aliphatic rings. The number of rotatable bonds is 13. The molecule has 2 unspecified atom stereocenters.